The fourth-order valence-electron chi connectivity index (χ4n) is 1.85. The van der Waals surface area contributed by atoms with Crippen LogP contribution in [0.2, 0.25) is 0 Å². The van der Waals surface area contributed by atoms with Crippen LogP contribution in [0.1, 0.15) is 5.56 Å². The van der Waals surface area contributed by atoms with Gasteiger partial charge in [0.05, 0.1) is 29.0 Å². The second kappa shape index (κ2) is 4.71. The van der Waals surface area contributed by atoms with E-state index in [2.05, 4.69) is 11.1 Å². The fourth-order valence-corrected chi connectivity index (χ4v) is 2.81. The van der Waals surface area contributed by atoms with Gasteiger partial charge in [-0.2, -0.15) is 5.26 Å². The third kappa shape index (κ3) is 2.16. The Morgan fingerprint density at radius 3 is 2.63 bits per heavy atom. The first kappa shape index (κ1) is 11.7. The van der Waals surface area contributed by atoms with Crippen LogP contribution in [0.25, 0.3) is 20.8 Å². The first-order chi connectivity index (χ1) is 9.30. The zero-order valence-electron chi connectivity index (χ0n) is 10.3. The van der Waals surface area contributed by atoms with Crippen LogP contribution in [0.15, 0.2) is 42.5 Å². The molecular weight excluding hydrogens is 256 g/mol. The number of thiazole rings is 1. The van der Waals surface area contributed by atoms with Crippen LogP contribution in [-0.2, 0) is 0 Å². The lowest BCUT2D eigenvalue weighted by Crippen LogP contribution is -1.82. The van der Waals surface area contributed by atoms with Crippen LogP contribution in [0, 0.1) is 11.3 Å². The van der Waals surface area contributed by atoms with Gasteiger partial charge in [-0.1, -0.05) is 0 Å². The topological polar surface area (TPSA) is 45.9 Å². The lowest BCUT2D eigenvalue weighted by molar-refractivity contribution is 0.415. The summed E-state index contributed by atoms with van der Waals surface area (Å²) in [4.78, 5) is 4.57. The Morgan fingerprint density at radius 2 is 1.95 bits per heavy atom. The van der Waals surface area contributed by atoms with Gasteiger partial charge in [-0.3, -0.25) is 0 Å². The van der Waals surface area contributed by atoms with Gasteiger partial charge in [0.25, 0.3) is 0 Å². The minimum atomic E-state index is 0.638. The Morgan fingerprint density at radius 1 is 1.16 bits per heavy atom. The molecule has 19 heavy (non-hydrogen) atoms. The number of fused-ring (bicyclic) bond motifs is 1. The number of hydrogen-bond donors (Lipinski definition) is 0. The Bertz CT molecular complexity index is 769. The molecule has 0 saturated heterocycles. The minimum Gasteiger partial charge on any atom is -0.497 e. The van der Waals surface area contributed by atoms with Crippen molar-refractivity contribution < 1.29 is 4.74 Å². The van der Waals surface area contributed by atoms with Gasteiger partial charge in [0.2, 0.25) is 0 Å². The predicted molar refractivity (Wildman–Crippen MR) is 76.3 cm³/mol. The number of benzene rings is 2. The van der Waals surface area contributed by atoms with Crippen LogP contribution in [-0.4, -0.2) is 12.1 Å². The summed E-state index contributed by atoms with van der Waals surface area (Å²) in [6.45, 7) is 0. The Labute approximate surface area is 114 Å². The van der Waals surface area contributed by atoms with Gasteiger partial charge < -0.3 is 4.74 Å². The van der Waals surface area contributed by atoms with Gasteiger partial charge in [-0.15, -0.1) is 11.3 Å². The van der Waals surface area contributed by atoms with Crippen LogP contribution in [0.5, 0.6) is 5.75 Å². The van der Waals surface area contributed by atoms with Gasteiger partial charge in [-0.05, 0) is 42.5 Å². The van der Waals surface area contributed by atoms with Gasteiger partial charge in [0.1, 0.15) is 10.8 Å². The molecule has 4 heteroatoms. The third-order valence-electron chi connectivity index (χ3n) is 2.85. The zero-order valence-corrected chi connectivity index (χ0v) is 11.1. The van der Waals surface area contributed by atoms with Crippen LogP contribution in [0.3, 0.4) is 0 Å². The largest absolute Gasteiger partial charge is 0.497 e. The SMILES string of the molecule is COc1ccc(-c2nc3cc(C#N)ccc3s2)cc1. The van der Waals surface area contributed by atoms with Crippen molar-refractivity contribution in [2.75, 3.05) is 7.11 Å². The molecule has 0 saturated carbocycles. The van der Waals surface area contributed by atoms with E-state index in [1.165, 1.54) is 0 Å². The van der Waals surface area contributed by atoms with Gasteiger partial charge in [-0.25, -0.2) is 4.98 Å². The second-order valence-corrected chi connectivity index (χ2v) is 5.07. The summed E-state index contributed by atoms with van der Waals surface area (Å²) in [7, 11) is 1.65. The van der Waals surface area contributed by atoms with Crippen molar-refractivity contribution in [2.24, 2.45) is 0 Å². The van der Waals surface area contributed by atoms with E-state index in [9.17, 15) is 0 Å². The zero-order chi connectivity index (χ0) is 13.2. The maximum Gasteiger partial charge on any atom is 0.124 e. The average molecular weight is 266 g/mol. The molecule has 0 spiro atoms. The summed E-state index contributed by atoms with van der Waals surface area (Å²) in [6, 6.07) is 15.5. The van der Waals surface area contributed by atoms with Crippen molar-refractivity contribution in [1.82, 2.24) is 4.98 Å². The van der Waals surface area contributed by atoms with E-state index < -0.39 is 0 Å². The second-order valence-electron chi connectivity index (χ2n) is 4.04. The molecule has 0 bridgehead atoms. The maximum absolute atomic E-state index is 8.89. The average Bonchev–Trinajstić information content (AvgIpc) is 2.90. The molecule has 0 aliphatic carbocycles. The summed E-state index contributed by atoms with van der Waals surface area (Å²) in [5, 5.41) is 9.84. The number of nitrogens with zero attached hydrogens (tertiary/aromatic N) is 2. The number of ether oxygens (including phenoxy) is 1. The van der Waals surface area contributed by atoms with Crippen LogP contribution < -0.4 is 4.74 Å². The first-order valence-electron chi connectivity index (χ1n) is 5.75. The molecule has 0 aliphatic heterocycles. The predicted octanol–water partition coefficient (Wildman–Crippen LogP) is 3.84. The molecule has 0 radical (unpaired) electrons. The molecule has 1 heterocycles. The molecule has 0 aliphatic rings. The summed E-state index contributed by atoms with van der Waals surface area (Å²) in [6.07, 6.45) is 0. The van der Waals surface area contributed by atoms with E-state index in [0.717, 1.165) is 26.5 Å². The Kier molecular flexibility index (Phi) is 2.90. The molecule has 0 unspecified atom stereocenters. The Hall–Kier alpha value is -2.38. The molecule has 1 aromatic heterocycles. The van der Waals surface area contributed by atoms with E-state index in [4.69, 9.17) is 10.00 Å². The van der Waals surface area contributed by atoms with Crippen LogP contribution in [0.4, 0.5) is 0 Å². The molecule has 3 rings (SSSR count). The number of rotatable bonds is 2. The molecule has 0 atom stereocenters. The molecule has 2 aromatic carbocycles. The van der Waals surface area contributed by atoms with Crippen molar-refractivity contribution in [1.29, 1.82) is 5.26 Å². The summed E-state index contributed by atoms with van der Waals surface area (Å²) in [5.41, 5.74) is 2.56. The number of methoxy groups -OCH3 is 1. The minimum absolute atomic E-state index is 0.638. The smallest absolute Gasteiger partial charge is 0.124 e. The molecule has 0 N–H and O–H groups in total. The van der Waals surface area contributed by atoms with Crippen molar-refractivity contribution in [3.8, 4) is 22.4 Å². The lowest BCUT2D eigenvalue weighted by atomic mass is 10.2. The third-order valence-corrected chi connectivity index (χ3v) is 3.94. The maximum atomic E-state index is 8.89. The van der Waals surface area contributed by atoms with Gasteiger partial charge in [0, 0.05) is 5.56 Å². The van der Waals surface area contributed by atoms with Crippen molar-refractivity contribution in [3.05, 3.63) is 48.0 Å². The first-order valence-corrected chi connectivity index (χ1v) is 6.57. The van der Waals surface area contributed by atoms with Crippen molar-refractivity contribution in [2.45, 2.75) is 0 Å². The van der Waals surface area contributed by atoms with E-state index in [-0.39, 0.29) is 0 Å². The highest BCUT2D eigenvalue weighted by Gasteiger charge is 2.07. The monoisotopic (exact) mass is 266 g/mol. The summed E-state index contributed by atoms with van der Waals surface area (Å²) >= 11 is 1.62. The fraction of sp³-hybridized carbons (Fsp3) is 0.0667. The Balaban J connectivity index is 2.07. The summed E-state index contributed by atoms with van der Waals surface area (Å²) < 4.78 is 6.23. The quantitative estimate of drug-likeness (QED) is 0.708. The van der Waals surface area contributed by atoms with Crippen LogP contribution >= 0.6 is 11.3 Å². The highest BCUT2D eigenvalue weighted by molar-refractivity contribution is 7.21. The van der Waals surface area contributed by atoms with Gasteiger partial charge in [0.15, 0.2) is 0 Å². The lowest BCUT2D eigenvalue weighted by Gasteiger charge is -1.99. The van der Waals surface area contributed by atoms with E-state index in [0.29, 0.717) is 5.56 Å². The molecular formula is C15H10N2OS. The summed E-state index contributed by atoms with van der Waals surface area (Å²) in [5.74, 6) is 0.830. The standard InChI is InChI=1S/C15H10N2OS/c1-18-12-5-3-11(4-6-12)15-17-13-8-10(9-16)2-7-14(13)19-15/h2-8H,1H3. The molecule has 0 fully saturated rings. The normalized spacial score (nSPS) is 10.3. The van der Waals surface area contributed by atoms with Gasteiger partial charge >= 0.3 is 0 Å². The highest BCUT2D eigenvalue weighted by Crippen LogP contribution is 2.31. The number of aromatic nitrogens is 1. The van der Waals surface area contributed by atoms with Crippen molar-refractivity contribution >= 4 is 21.6 Å². The number of nitriles is 1. The van der Waals surface area contributed by atoms with E-state index in [1.807, 2.05) is 42.5 Å². The molecule has 3 nitrogen and oxygen atoms in total. The highest BCUT2D eigenvalue weighted by atomic mass is 32.1. The molecule has 3 aromatic rings. The molecule has 0 amide bonds. The van der Waals surface area contributed by atoms with E-state index >= 15 is 0 Å². The number of hydrogen-bond acceptors (Lipinski definition) is 4. The van der Waals surface area contributed by atoms with Crippen molar-refractivity contribution in [3.63, 3.8) is 0 Å². The van der Waals surface area contributed by atoms with E-state index in [1.54, 1.807) is 18.4 Å². The molecule has 92 valence electrons.